The van der Waals surface area contributed by atoms with E-state index in [0.29, 0.717) is 11.1 Å². The van der Waals surface area contributed by atoms with Crippen LogP contribution in [0.5, 0.6) is 0 Å². The second-order valence-corrected chi connectivity index (χ2v) is 9.22. The number of rotatable bonds is 7. The van der Waals surface area contributed by atoms with Gasteiger partial charge < -0.3 is 9.15 Å². The Labute approximate surface area is 191 Å². The Kier molecular flexibility index (Phi) is 6.02. The Morgan fingerprint density at radius 2 is 1.67 bits per heavy atom. The number of benzene rings is 3. The number of ether oxygens (including phenoxy) is 1. The average Bonchev–Trinajstić information content (AvgIpc) is 3.23. The summed E-state index contributed by atoms with van der Waals surface area (Å²) in [5.41, 5.74) is 1.96. The number of para-hydroxylation sites is 2. The van der Waals surface area contributed by atoms with Gasteiger partial charge >= 0.3 is 5.97 Å². The molecular weight excluding hydrogens is 442 g/mol. The molecule has 0 radical (unpaired) electrons. The number of Topliss-reactive ketones (excluding diaryl/α,β-unsaturated/α-hetero) is 1. The number of hydrogen-bond acceptors (Lipinski definition) is 6. The molecule has 0 amide bonds. The number of aryl methyl sites for hydroxylation is 2. The van der Waals surface area contributed by atoms with E-state index >= 15 is 0 Å². The third kappa shape index (κ3) is 4.80. The molecule has 0 saturated heterocycles. The summed E-state index contributed by atoms with van der Waals surface area (Å²) < 4.78 is 39.0. The van der Waals surface area contributed by atoms with Crippen molar-refractivity contribution in [1.29, 1.82) is 0 Å². The normalized spacial score (nSPS) is 11.3. The van der Waals surface area contributed by atoms with E-state index in [-0.39, 0.29) is 21.9 Å². The van der Waals surface area contributed by atoms with Crippen LogP contribution in [0, 0.1) is 13.8 Å². The molecule has 1 heterocycles. The van der Waals surface area contributed by atoms with Gasteiger partial charge in [0.05, 0.1) is 16.1 Å². The molecule has 7 nitrogen and oxygen atoms in total. The predicted molar refractivity (Wildman–Crippen MR) is 124 cm³/mol. The van der Waals surface area contributed by atoms with Crippen molar-refractivity contribution in [2.75, 3.05) is 11.3 Å². The summed E-state index contributed by atoms with van der Waals surface area (Å²) in [7, 11) is -3.95. The summed E-state index contributed by atoms with van der Waals surface area (Å²) in [6.07, 6.45) is 0. The zero-order valence-corrected chi connectivity index (χ0v) is 18.8. The fourth-order valence-corrected chi connectivity index (χ4v) is 4.76. The Morgan fingerprint density at radius 1 is 0.939 bits per heavy atom. The summed E-state index contributed by atoms with van der Waals surface area (Å²) in [6.45, 7) is 2.94. The topological polar surface area (TPSA) is 103 Å². The van der Waals surface area contributed by atoms with Crippen LogP contribution in [-0.2, 0) is 14.8 Å². The fraction of sp³-hybridized carbons (Fsp3) is 0.120. The minimum absolute atomic E-state index is 0.0104. The van der Waals surface area contributed by atoms with E-state index in [4.69, 9.17) is 9.15 Å². The maximum Gasteiger partial charge on any atom is 0.340 e. The molecule has 0 aliphatic heterocycles. The van der Waals surface area contributed by atoms with E-state index in [1.165, 1.54) is 12.1 Å². The van der Waals surface area contributed by atoms with Gasteiger partial charge in [-0.05, 0) is 55.3 Å². The lowest BCUT2D eigenvalue weighted by Crippen LogP contribution is -2.19. The first-order valence-electron chi connectivity index (χ1n) is 10.1. The minimum atomic E-state index is -3.95. The summed E-state index contributed by atoms with van der Waals surface area (Å²) in [5, 5.41) is 0.762. The van der Waals surface area contributed by atoms with Crippen LogP contribution in [0.2, 0.25) is 0 Å². The lowest BCUT2D eigenvalue weighted by molar-refractivity contribution is 0.0469. The highest BCUT2D eigenvalue weighted by molar-refractivity contribution is 7.92. The number of anilines is 1. The predicted octanol–water partition coefficient (Wildman–Crippen LogP) is 4.89. The highest BCUT2D eigenvalue weighted by Gasteiger charge is 2.22. The van der Waals surface area contributed by atoms with Gasteiger partial charge in [0, 0.05) is 5.39 Å². The third-order valence-corrected chi connectivity index (χ3v) is 6.57. The van der Waals surface area contributed by atoms with Crippen LogP contribution in [0.3, 0.4) is 0 Å². The van der Waals surface area contributed by atoms with Crippen molar-refractivity contribution in [3.63, 3.8) is 0 Å². The largest absolute Gasteiger partial charge is 0.453 e. The van der Waals surface area contributed by atoms with E-state index in [1.54, 1.807) is 62.4 Å². The first kappa shape index (κ1) is 22.3. The highest BCUT2D eigenvalue weighted by atomic mass is 32.2. The lowest BCUT2D eigenvalue weighted by atomic mass is 10.2. The van der Waals surface area contributed by atoms with Crippen LogP contribution in [0.25, 0.3) is 11.0 Å². The zero-order valence-electron chi connectivity index (χ0n) is 18.0. The van der Waals surface area contributed by atoms with Crippen molar-refractivity contribution in [3.8, 4) is 0 Å². The maximum atomic E-state index is 13.0. The van der Waals surface area contributed by atoms with Crippen LogP contribution < -0.4 is 4.72 Å². The molecule has 4 aromatic rings. The van der Waals surface area contributed by atoms with Crippen molar-refractivity contribution >= 4 is 38.4 Å². The van der Waals surface area contributed by atoms with E-state index in [0.717, 1.165) is 10.9 Å². The van der Waals surface area contributed by atoms with Gasteiger partial charge in [-0.15, -0.1) is 0 Å². The molecule has 4 rings (SSSR count). The highest BCUT2D eigenvalue weighted by Crippen LogP contribution is 2.24. The third-order valence-electron chi connectivity index (χ3n) is 5.06. The number of nitrogens with one attached hydrogen (secondary N) is 1. The molecule has 0 fully saturated rings. The van der Waals surface area contributed by atoms with Crippen molar-refractivity contribution in [2.45, 2.75) is 18.7 Å². The van der Waals surface area contributed by atoms with Gasteiger partial charge in [0.1, 0.15) is 5.58 Å². The van der Waals surface area contributed by atoms with E-state index in [9.17, 15) is 18.0 Å². The van der Waals surface area contributed by atoms with Crippen LogP contribution in [0.1, 0.15) is 32.0 Å². The van der Waals surface area contributed by atoms with Gasteiger partial charge in [-0.1, -0.05) is 42.5 Å². The number of furan rings is 1. The molecule has 8 heteroatoms. The number of esters is 1. The van der Waals surface area contributed by atoms with E-state index < -0.39 is 28.4 Å². The van der Waals surface area contributed by atoms with Crippen LogP contribution in [-0.4, -0.2) is 26.8 Å². The average molecular weight is 464 g/mol. The Hall–Kier alpha value is -3.91. The minimum Gasteiger partial charge on any atom is -0.453 e. The molecule has 0 atom stereocenters. The molecule has 0 bridgehead atoms. The molecule has 168 valence electrons. The molecule has 33 heavy (non-hydrogen) atoms. The van der Waals surface area contributed by atoms with Gasteiger partial charge in [-0.2, -0.15) is 0 Å². The number of carbonyl (C=O) groups is 2. The number of carbonyl (C=O) groups excluding carboxylic acids is 2. The SMILES string of the molecule is Cc1ccc(C)c(S(=O)(=O)Nc2ccccc2C(=O)OCC(=O)c2cc3ccccc3o2)c1. The molecule has 0 aliphatic rings. The Balaban J connectivity index is 1.51. The summed E-state index contributed by atoms with van der Waals surface area (Å²) in [5.74, 6) is -1.26. The summed E-state index contributed by atoms with van der Waals surface area (Å²) in [6, 6.07) is 19.9. The molecule has 3 aromatic carbocycles. The standard InChI is InChI=1S/C25H21NO6S/c1-16-11-12-17(2)24(13-16)33(29,30)26-20-9-5-4-8-19(20)25(28)31-15-21(27)23-14-18-7-3-6-10-22(18)32-23/h3-14,26H,15H2,1-2H3. The van der Waals surface area contributed by atoms with Crippen LogP contribution in [0.4, 0.5) is 5.69 Å². The van der Waals surface area contributed by atoms with Crippen molar-refractivity contribution in [1.82, 2.24) is 0 Å². The number of hydrogen-bond donors (Lipinski definition) is 1. The quantitative estimate of drug-likeness (QED) is 0.309. The molecule has 0 aliphatic carbocycles. The van der Waals surface area contributed by atoms with E-state index in [1.807, 2.05) is 12.1 Å². The number of fused-ring (bicyclic) bond motifs is 1. The van der Waals surface area contributed by atoms with Gasteiger partial charge in [-0.25, -0.2) is 13.2 Å². The Morgan fingerprint density at radius 3 is 2.45 bits per heavy atom. The molecule has 0 unspecified atom stereocenters. The Bertz CT molecular complexity index is 1440. The second-order valence-electron chi connectivity index (χ2n) is 7.57. The molecule has 0 spiro atoms. The van der Waals surface area contributed by atoms with Crippen molar-refractivity contribution in [2.24, 2.45) is 0 Å². The maximum absolute atomic E-state index is 13.0. The van der Waals surface area contributed by atoms with Gasteiger partial charge in [0.25, 0.3) is 10.0 Å². The zero-order chi connectivity index (χ0) is 23.6. The first-order valence-corrected chi connectivity index (χ1v) is 11.6. The van der Waals surface area contributed by atoms with Gasteiger partial charge in [0.15, 0.2) is 12.4 Å². The first-order chi connectivity index (χ1) is 15.7. The molecule has 1 aromatic heterocycles. The molecule has 1 N–H and O–H groups in total. The smallest absolute Gasteiger partial charge is 0.340 e. The van der Waals surface area contributed by atoms with Crippen molar-refractivity contribution in [3.05, 3.63) is 95.2 Å². The number of ketones is 1. The van der Waals surface area contributed by atoms with Gasteiger partial charge in [0.2, 0.25) is 5.78 Å². The van der Waals surface area contributed by atoms with Crippen LogP contribution >= 0.6 is 0 Å². The molecule has 0 saturated carbocycles. The monoisotopic (exact) mass is 463 g/mol. The number of sulfonamides is 1. The van der Waals surface area contributed by atoms with Gasteiger partial charge in [-0.3, -0.25) is 9.52 Å². The summed E-state index contributed by atoms with van der Waals surface area (Å²) in [4.78, 5) is 25.2. The van der Waals surface area contributed by atoms with E-state index in [2.05, 4.69) is 4.72 Å². The van der Waals surface area contributed by atoms with Crippen LogP contribution in [0.15, 0.2) is 82.1 Å². The second kappa shape index (κ2) is 8.91. The lowest BCUT2D eigenvalue weighted by Gasteiger charge is -2.14. The van der Waals surface area contributed by atoms with Crippen molar-refractivity contribution < 1.29 is 27.2 Å². The molecular formula is C25H21NO6S. The fourth-order valence-electron chi connectivity index (χ4n) is 3.35. The summed E-state index contributed by atoms with van der Waals surface area (Å²) >= 11 is 0.